The lowest BCUT2D eigenvalue weighted by Gasteiger charge is -2.22. The Morgan fingerprint density at radius 1 is 1.56 bits per heavy atom. The van der Waals surface area contributed by atoms with Crippen molar-refractivity contribution in [1.82, 2.24) is 0 Å². The van der Waals surface area contributed by atoms with Gasteiger partial charge in [0.15, 0.2) is 0 Å². The average molecular weight is 273 g/mol. The molecule has 98 valence electrons. The number of hydrogen-bond donors (Lipinski definition) is 1. The highest BCUT2D eigenvalue weighted by molar-refractivity contribution is 6.33. The second-order valence-electron chi connectivity index (χ2n) is 3.68. The van der Waals surface area contributed by atoms with Crippen LogP contribution >= 0.6 is 11.6 Å². The molecule has 0 heterocycles. The molecule has 18 heavy (non-hydrogen) atoms. The molecule has 0 aliphatic heterocycles. The second kappa shape index (κ2) is 6.20. The molecule has 1 aromatic rings. The quantitative estimate of drug-likeness (QED) is 0.635. The van der Waals surface area contributed by atoms with E-state index in [-0.39, 0.29) is 22.9 Å². The maximum Gasteiger partial charge on any atom is 0.323 e. The molecular formula is C11H13ClN2O4. The van der Waals surface area contributed by atoms with Gasteiger partial charge in [-0.3, -0.25) is 14.9 Å². The molecule has 7 heteroatoms. The van der Waals surface area contributed by atoms with E-state index in [1.807, 2.05) is 6.92 Å². The summed E-state index contributed by atoms with van der Waals surface area (Å²) in [4.78, 5) is 22.6. The van der Waals surface area contributed by atoms with Gasteiger partial charge in [0.2, 0.25) is 0 Å². The number of rotatable bonds is 6. The molecule has 0 atom stereocenters. The topological polar surface area (TPSA) is 83.7 Å². The minimum atomic E-state index is -1.06. The molecule has 6 nitrogen and oxygen atoms in total. The van der Waals surface area contributed by atoms with E-state index in [0.717, 1.165) is 0 Å². The molecule has 0 aromatic heterocycles. The SMILES string of the molecule is CCCN(CC(=O)O)c1c(Cl)cccc1[N+](=O)[O-]. The van der Waals surface area contributed by atoms with Crippen LogP contribution in [0, 0.1) is 10.1 Å². The van der Waals surface area contributed by atoms with Gasteiger partial charge >= 0.3 is 5.97 Å². The largest absolute Gasteiger partial charge is 0.480 e. The molecule has 1 rings (SSSR count). The van der Waals surface area contributed by atoms with E-state index in [1.165, 1.54) is 23.1 Å². The van der Waals surface area contributed by atoms with Crippen molar-refractivity contribution in [3.63, 3.8) is 0 Å². The van der Waals surface area contributed by atoms with Crippen molar-refractivity contribution < 1.29 is 14.8 Å². The van der Waals surface area contributed by atoms with Gasteiger partial charge in [-0.1, -0.05) is 24.6 Å². The second-order valence-corrected chi connectivity index (χ2v) is 4.09. The number of aliphatic carboxylic acids is 1. The third kappa shape index (κ3) is 3.33. The number of nitro groups is 1. The van der Waals surface area contributed by atoms with Crippen LogP contribution in [0.25, 0.3) is 0 Å². The van der Waals surface area contributed by atoms with E-state index >= 15 is 0 Å². The maximum absolute atomic E-state index is 10.9. The lowest BCUT2D eigenvalue weighted by Crippen LogP contribution is -2.31. The molecule has 0 aliphatic carbocycles. The number of nitrogens with zero attached hydrogens (tertiary/aromatic N) is 2. The minimum absolute atomic E-state index is 0.161. The summed E-state index contributed by atoms with van der Waals surface area (Å²) >= 11 is 5.95. The molecule has 0 unspecified atom stereocenters. The zero-order valence-corrected chi connectivity index (χ0v) is 10.6. The molecule has 0 fully saturated rings. The van der Waals surface area contributed by atoms with Crippen molar-refractivity contribution in [2.45, 2.75) is 13.3 Å². The van der Waals surface area contributed by atoms with Gasteiger partial charge in [-0.15, -0.1) is 0 Å². The number of para-hydroxylation sites is 1. The van der Waals surface area contributed by atoms with E-state index in [0.29, 0.717) is 13.0 Å². The van der Waals surface area contributed by atoms with Crippen LogP contribution in [-0.4, -0.2) is 29.1 Å². The van der Waals surface area contributed by atoms with Crippen molar-refractivity contribution in [1.29, 1.82) is 0 Å². The van der Waals surface area contributed by atoms with Crippen LogP contribution in [0.1, 0.15) is 13.3 Å². The van der Waals surface area contributed by atoms with Gasteiger partial charge in [0.05, 0.1) is 9.95 Å². The first-order valence-corrected chi connectivity index (χ1v) is 5.74. The third-order valence-corrected chi connectivity index (χ3v) is 2.60. The van der Waals surface area contributed by atoms with Crippen LogP contribution in [-0.2, 0) is 4.79 Å². The Labute approximate surface area is 109 Å². The van der Waals surface area contributed by atoms with Crippen molar-refractivity contribution in [3.05, 3.63) is 33.3 Å². The highest BCUT2D eigenvalue weighted by atomic mass is 35.5. The van der Waals surface area contributed by atoms with Gasteiger partial charge in [0, 0.05) is 12.6 Å². The van der Waals surface area contributed by atoms with Crippen LogP contribution < -0.4 is 4.90 Å². The van der Waals surface area contributed by atoms with Crippen LogP contribution in [0.5, 0.6) is 0 Å². The van der Waals surface area contributed by atoms with E-state index in [4.69, 9.17) is 16.7 Å². The van der Waals surface area contributed by atoms with Crippen molar-refractivity contribution in [2.75, 3.05) is 18.0 Å². The number of nitro benzene ring substituents is 1. The molecule has 0 saturated carbocycles. The first-order chi connectivity index (χ1) is 8.47. The lowest BCUT2D eigenvalue weighted by molar-refractivity contribution is -0.384. The van der Waals surface area contributed by atoms with Crippen LogP contribution in [0.15, 0.2) is 18.2 Å². The lowest BCUT2D eigenvalue weighted by atomic mass is 10.2. The third-order valence-electron chi connectivity index (χ3n) is 2.30. The number of hydrogen-bond acceptors (Lipinski definition) is 4. The Bertz CT molecular complexity index is 464. The number of benzene rings is 1. The van der Waals surface area contributed by atoms with Gasteiger partial charge in [-0.05, 0) is 12.5 Å². The normalized spacial score (nSPS) is 10.1. The predicted octanol–water partition coefficient (Wildman–Crippen LogP) is 2.55. The summed E-state index contributed by atoms with van der Waals surface area (Å²) in [6.07, 6.45) is 0.662. The number of halogens is 1. The molecule has 0 bridgehead atoms. The van der Waals surface area contributed by atoms with E-state index in [1.54, 1.807) is 0 Å². The molecule has 0 saturated heterocycles. The summed E-state index contributed by atoms with van der Waals surface area (Å²) < 4.78 is 0. The number of carboxylic acid groups (broad SMARTS) is 1. The predicted molar refractivity (Wildman–Crippen MR) is 68.2 cm³/mol. The fraction of sp³-hybridized carbons (Fsp3) is 0.364. The highest BCUT2D eigenvalue weighted by Gasteiger charge is 2.23. The summed E-state index contributed by atoms with van der Waals surface area (Å²) in [5, 5.41) is 20.0. The fourth-order valence-electron chi connectivity index (χ4n) is 1.67. The van der Waals surface area contributed by atoms with Crippen LogP contribution in [0.2, 0.25) is 5.02 Å². The Morgan fingerprint density at radius 3 is 2.72 bits per heavy atom. The molecule has 0 aliphatic rings. The highest BCUT2D eigenvalue weighted by Crippen LogP contribution is 2.35. The summed E-state index contributed by atoms with van der Waals surface area (Å²) in [5.74, 6) is -1.06. The van der Waals surface area contributed by atoms with Gasteiger partial charge in [0.25, 0.3) is 5.69 Å². The van der Waals surface area contributed by atoms with Crippen molar-refractivity contribution in [3.8, 4) is 0 Å². The first-order valence-electron chi connectivity index (χ1n) is 5.37. The molecule has 1 aromatic carbocycles. The number of carbonyl (C=O) groups is 1. The Kier molecular flexibility index (Phi) is 4.91. The van der Waals surface area contributed by atoms with Crippen molar-refractivity contribution in [2.24, 2.45) is 0 Å². The Balaban J connectivity index is 3.24. The monoisotopic (exact) mass is 272 g/mol. The molecule has 0 radical (unpaired) electrons. The fourth-order valence-corrected chi connectivity index (χ4v) is 1.96. The number of carboxylic acids is 1. The summed E-state index contributed by atoms with van der Waals surface area (Å²) in [5.41, 5.74) is -0.0226. The summed E-state index contributed by atoms with van der Waals surface area (Å²) in [6, 6.07) is 4.29. The van der Waals surface area contributed by atoms with Gasteiger partial charge in [-0.25, -0.2) is 0 Å². The molecule has 1 N–H and O–H groups in total. The van der Waals surface area contributed by atoms with Crippen LogP contribution in [0.3, 0.4) is 0 Å². The van der Waals surface area contributed by atoms with Gasteiger partial charge in [0.1, 0.15) is 12.2 Å². The average Bonchev–Trinajstić information content (AvgIpc) is 2.27. The van der Waals surface area contributed by atoms with Crippen LogP contribution in [0.4, 0.5) is 11.4 Å². The van der Waals surface area contributed by atoms with Gasteiger partial charge < -0.3 is 10.0 Å². The zero-order valence-electron chi connectivity index (χ0n) is 9.80. The molecule has 0 spiro atoms. The maximum atomic E-state index is 10.9. The van der Waals surface area contributed by atoms with E-state index in [2.05, 4.69) is 0 Å². The zero-order chi connectivity index (χ0) is 13.7. The number of anilines is 1. The van der Waals surface area contributed by atoms with Gasteiger partial charge in [-0.2, -0.15) is 0 Å². The Morgan fingerprint density at radius 2 is 2.22 bits per heavy atom. The van der Waals surface area contributed by atoms with E-state index < -0.39 is 10.9 Å². The standard InChI is InChI=1S/C11H13ClN2O4/c1-2-6-13(7-10(15)16)11-8(12)4-3-5-9(11)14(17)18/h3-5H,2,6-7H2,1H3,(H,15,16). The first kappa shape index (κ1) is 14.2. The minimum Gasteiger partial charge on any atom is -0.480 e. The summed E-state index contributed by atoms with van der Waals surface area (Å²) in [7, 11) is 0. The smallest absolute Gasteiger partial charge is 0.323 e. The Hall–Kier alpha value is -1.82. The summed E-state index contributed by atoms with van der Waals surface area (Å²) in [6.45, 7) is 1.92. The van der Waals surface area contributed by atoms with Crippen molar-refractivity contribution >= 4 is 28.9 Å². The molecule has 0 amide bonds. The molecular weight excluding hydrogens is 260 g/mol. The van der Waals surface area contributed by atoms with E-state index in [9.17, 15) is 14.9 Å².